The van der Waals surface area contributed by atoms with Crippen LogP contribution in [0.25, 0.3) is 0 Å². The maximum Gasteiger partial charge on any atom is 0.310 e. The van der Waals surface area contributed by atoms with Crippen LogP contribution in [-0.4, -0.2) is 19.0 Å². The van der Waals surface area contributed by atoms with E-state index in [1.807, 2.05) is 12.2 Å². The van der Waals surface area contributed by atoms with E-state index in [0.717, 1.165) is 12.8 Å². The standard InChI is InChI=1S/C18H17BrFNO3/c1-24-15(22)14-11-4-5-13(17(11)6-7-17)18(14,16(21)23)10-3-2-9(19)8-12(10)20/h2-5,8,11,13-14H,6-7H2,1H3,(H2,21,23)/t11-,13+,14+,18-/m1/s1. The summed E-state index contributed by atoms with van der Waals surface area (Å²) in [5.41, 5.74) is 4.47. The number of methoxy groups -OCH3 is 1. The second-order valence-corrected chi connectivity index (χ2v) is 7.90. The van der Waals surface area contributed by atoms with Crippen LogP contribution < -0.4 is 5.73 Å². The largest absolute Gasteiger partial charge is 0.469 e. The third kappa shape index (κ3) is 1.67. The van der Waals surface area contributed by atoms with Crippen LogP contribution in [-0.2, 0) is 19.7 Å². The summed E-state index contributed by atoms with van der Waals surface area (Å²) in [6, 6.07) is 4.54. The highest BCUT2D eigenvalue weighted by molar-refractivity contribution is 9.10. The van der Waals surface area contributed by atoms with Gasteiger partial charge in [0.05, 0.1) is 18.4 Å². The zero-order valence-electron chi connectivity index (χ0n) is 13.1. The van der Waals surface area contributed by atoms with E-state index in [-0.39, 0.29) is 22.8 Å². The Morgan fingerprint density at radius 2 is 2.04 bits per heavy atom. The molecule has 3 aliphatic carbocycles. The Labute approximate surface area is 147 Å². The van der Waals surface area contributed by atoms with E-state index < -0.39 is 29.0 Å². The summed E-state index contributed by atoms with van der Waals surface area (Å²) in [6.07, 6.45) is 5.76. The van der Waals surface area contributed by atoms with Crippen molar-refractivity contribution in [3.63, 3.8) is 0 Å². The minimum atomic E-state index is -1.40. The predicted molar refractivity (Wildman–Crippen MR) is 88.3 cm³/mol. The molecule has 3 aliphatic rings. The molecule has 0 aromatic heterocycles. The van der Waals surface area contributed by atoms with Gasteiger partial charge in [-0.05, 0) is 36.3 Å². The zero-order valence-corrected chi connectivity index (χ0v) is 14.7. The van der Waals surface area contributed by atoms with Crippen molar-refractivity contribution in [2.75, 3.05) is 7.11 Å². The van der Waals surface area contributed by atoms with Gasteiger partial charge in [-0.2, -0.15) is 0 Å². The van der Waals surface area contributed by atoms with Crippen molar-refractivity contribution in [2.24, 2.45) is 28.9 Å². The Hall–Kier alpha value is -1.69. The number of carbonyl (C=O) groups is 2. The number of hydrogen-bond donors (Lipinski definition) is 1. The minimum absolute atomic E-state index is 0.134. The summed E-state index contributed by atoms with van der Waals surface area (Å²) in [4.78, 5) is 25.3. The average Bonchev–Trinajstić information content (AvgIpc) is 3.20. The van der Waals surface area contributed by atoms with Gasteiger partial charge < -0.3 is 10.5 Å². The SMILES string of the molecule is COC(=O)[C@@H]1[C@H]2C=C[C@@H](C23CC3)[C@]1(C(N)=O)c1ccc(Br)cc1F. The van der Waals surface area contributed by atoms with E-state index in [4.69, 9.17) is 10.5 Å². The fourth-order valence-electron chi connectivity index (χ4n) is 5.19. The minimum Gasteiger partial charge on any atom is -0.469 e. The number of nitrogens with two attached hydrogens (primary N) is 1. The van der Waals surface area contributed by atoms with E-state index in [2.05, 4.69) is 15.9 Å². The Morgan fingerprint density at radius 1 is 1.33 bits per heavy atom. The number of primary amides is 1. The van der Waals surface area contributed by atoms with Crippen molar-refractivity contribution < 1.29 is 18.7 Å². The Balaban J connectivity index is 2.00. The first-order chi connectivity index (χ1) is 11.4. The molecule has 2 N–H and O–H groups in total. The smallest absolute Gasteiger partial charge is 0.310 e. The molecule has 2 saturated carbocycles. The molecule has 2 fully saturated rings. The number of carbonyl (C=O) groups excluding carboxylic acids is 2. The van der Waals surface area contributed by atoms with Crippen molar-refractivity contribution in [2.45, 2.75) is 18.3 Å². The number of esters is 1. The molecular formula is C18H17BrFNO3. The van der Waals surface area contributed by atoms with E-state index in [1.54, 1.807) is 12.1 Å². The number of ether oxygens (including phenoxy) is 1. The molecule has 0 unspecified atom stereocenters. The van der Waals surface area contributed by atoms with Crippen LogP contribution in [0.1, 0.15) is 18.4 Å². The first-order valence-electron chi connectivity index (χ1n) is 7.91. The summed E-state index contributed by atoms with van der Waals surface area (Å²) >= 11 is 3.23. The molecule has 6 heteroatoms. The highest BCUT2D eigenvalue weighted by atomic mass is 79.9. The number of benzene rings is 1. The molecule has 1 amide bonds. The summed E-state index contributed by atoms with van der Waals surface area (Å²) in [6.45, 7) is 0. The van der Waals surface area contributed by atoms with Gasteiger partial charge in [-0.3, -0.25) is 9.59 Å². The normalized spacial score (nSPS) is 34.5. The van der Waals surface area contributed by atoms with Gasteiger partial charge in [0.2, 0.25) is 5.91 Å². The van der Waals surface area contributed by atoms with Gasteiger partial charge in [0.15, 0.2) is 0 Å². The van der Waals surface area contributed by atoms with Gasteiger partial charge in [-0.15, -0.1) is 0 Å². The molecule has 2 bridgehead atoms. The first-order valence-corrected chi connectivity index (χ1v) is 8.70. The van der Waals surface area contributed by atoms with Gasteiger partial charge in [-0.1, -0.05) is 34.1 Å². The van der Waals surface area contributed by atoms with Crippen LogP contribution >= 0.6 is 15.9 Å². The van der Waals surface area contributed by atoms with Gasteiger partial charge in [0.25, 0.3) is 0 Å². The molecule has 0 radical (unpaired) electrons. The van der Waals surface area contributed by atoms with Gasteiger partial charge in [0, 0.05) is 16.0 Å². The van der Waals surface area contributed by atoms with E-state index in [0.29, 0.717) is 4.47 Å². The molecule has 4 atom stereocenters. The zero-order chi connectivity index (χ0) is 17.3. The molecule has 4 nitrogen and oxygen atoms in total. The summed E-state index contributed by atoms with van der Waals surface area (Å²) in [7, 11) is 1.29. The van der Waals surface area contributed by atoms with E-state index >= 15 is 0 Å². The second-order valence-electron chi connectivity index (χ2n) is 6.98. The van der Waals surface area contributed by atoms with E-state index in [1.165, 1.54) is 13.2 Å². The highest BCUT2D eigenvalue weighted by Gasteiger charge is 2.77. The highest BCUT2D eigenvalue weighted by Crippen LogP contribution is 2.76. The summed E-state index contributed by atoms with van der Waals surface area (Å²) in [5.74, 6) is -2.89. The fraction of sp³-hybridized carbons (Fsp3) is 0.444. The lowest BCUT2D eigenvalue weighted by Crippen LogP contribution is -2.53. The van der Waals surface area contributed by atoms with Gasteiger partial charge >= 0.3 is 5.97 Å². The summed E-state index contributed by atoms with van der Waals surface area (Å²) < 4.78 is 20.4. The first kappa shape index (κ1) is 15.8. The molecule has 0 aliphatic heterocycles. The van der Waals surface area contributed by atoms with Crippen LogP contribution in [0.5, 0.6) is 0 Å². The van der Waals surface area contributed by atoms with Crippen molar-refractivity contribution in [1.29, 1.82) is 0 Å². The number of halogens is 2. The number of hydrogen-bond acceptors (Lipinski definition) is 3. The summed E-state index contributed by atoms with van der Waals surface area (Å²) in [5, 5.41) is 0. The third-order valence-corrected chi connectivity index (χ3v) is 6.69. The number of amides is 1. The van der Waals surface area contributed by atoms with E-state index in [9.17, 15) is 14.0 Å². The molecular weight excluding hydrogens is 377 g/mol. The van der Waals surface area contributed by atoms with Gasteiger partial charge in [-0.25, -0.2) is 4.39 Å². The third-order valence-electron chi connectivity index (χ3n) is 6.20. The molecule has 4 rings (SSSR count). The fourth-order valence-corrected chi connectivity index (χ4v) is 5.53. The lowest BCUT2D eigenvalue weighted by molar-refractivity contribution is -0.152. The maximum absolute atomic E-state index is 14.8. The maximum atomic E-state index is 14.8. The van der Waals surface area contributed by atoms with Crippen molar-refractivity contribution in [1.82, 2.24) is 0 Å². The monoisotopic (exact) mass is 393 g/mol. The second kappa shape index (κ2) is 4.91. The van der Waals surface area contributed by atoms with Crippen molar-refractivity contribution in [3.05, 3.63) is 46.2 Å². The van der Waals surface area contributed by atoms with Crippen LogP contribution in [0.2, 0.25) is 0 Å². The molecule has 24 heavy (non-hydrogen) atoms. The quantitative estimate of drug-likeness (QED) is 0.633. The number of allylic oxidation sites excluding steroid dienone is 2. The number of rotatable bonds is 3. The van der Waals surface area contributed by atoms with Crippen LogP contribution in [0.3, 0.4) is 0 Å². The molecule has 0 heterocycles. The molecule has 1 aromatic rings. The van der Waals surface area contributed by atoms with Crippen LogP contribution in [0, 0.1) is 29.0 Å². The van der Waals surface area contributed by atoms with Gasteiger partial charge in [0.1, 0.15) is 5.82 Å². The van der Waals surface area contributed by atoms with Crippen molar-refractivity contribution >= 4 is 27.8 Å². The van der Waals surface area contributed by atoms with Crippen molar-refractivity contribution in [3.8, 4) is 0 Å². The Kier molecular flexibility index (Phi) is 3.24. The van der Waals surface area contributed by atoms with Crippen LogP contribution in [0.15, 0.2) is 34.8 Å². The molecule has 126 valence electrons. The average molecular weight is 394 g/mol. The Morgan fingerprint density at radius 3 is 2.58 bits per heavy atom. The topological polar surface area (TPSA) is 69.4 Å². The molecule has 0 saturated heterocycles. The molecule has 1 aromatic carbocycles. The molecule has 1 spiro atoms. The van der Waals surface area contributed by atoms with Crippen LogP contribution in [0.4, 0.5) is 4.39 Å². The Bertz CT molecular complexity index is 788. The predicted octanol–water partition coefficient (Wildman–Crippen LogP) is 2.70. The lowest BCUT2D eigenvalue weighted by Gasteiger charge is -2.38. The lowest BCUT2D eigenvalue weighted by atomic mass is 9.63.